The minimum atomic E-state index is -4.47. The predicted molar refractivity (Wildman–Crippen MR) is 145 cm³/mol. The number of benzene rings is 3. The SMILES string of the molecule is CCCC(C)(C(=O)O)c1ccc(C(c2ccc(F)cc2)N2CCC(C)(C)C2)c(-c2ccc(C(F)(F)F)cc2)c1. The summed E-state index contributed by atoms with van der Waals surface area (Å²) in [5, 5.41) is 10.1. The molecule has 2 unspecified atom stereocenters. The quantitative estimate of drug-likeness (QED) is 0.291. The number of hydrogen-bond donors (Lipinski definition) is 1. The molecule has 1 aliphatic rings. The molecule has 1 fully saturated rings. The molecule has 4 rings (SSSR count). The summed E-state index contributed by atoms with van der Waals surface area (Å²) in [6, 6.07) is 16.6. The number of hydrogen-bond acceptors (Lipinski definition) is 2. The minimum absolute atomic E-state index is 0.0652. The highest BCUT2D eigenvalue weighted by Gasteiger charge is 2.38. The summed E-state index contributed by atoms with van der Waals surface area (Å²) in [6.45, 7) is 9.57. The average Bonchev–Trinajstić information content (AvgIpc) is 3.24. The average molecular weight is 542 g/mol. The number of carbonyl (C=O) groups is 1. The van der Waals surface area contributed by atoms with Crippen molar-refractivity contribution in [1.29, 1.82) is 0 Å². The van der Waals surface area contributed by atoms with Crippen LogP contribution in [-0.4, -0.2) is 29.1 Å². The Morgan fingerprint density at radius 2 is 1.62 bits per heavy atom. The van der Waals surface area contributed by atoms with Crippen molar-refractivity contribution < 1.29 is 27.5 Å². The van der Waals surface area contributed by atoms with E-state index in [0.717, 1.165) is 42.8 Å². The number of halogens is 4. The van der Waals surface area contributed by atoms with Gasteiger partial charge in [-0.3, -0.25) is 9.69 Å². The molecule has 0 radical (unpaired) electrons. The van der Waals surface area contributed by atoms with Gasteiger partial charge in [-0.05, 0) is 89.9 Å². The van der Waals surface area contributed by atoms with E-state index in [0.29, 0.717) is 29.5 Å². The molecule has 3 nitrogen and oxygen atoms in total. The van der Waals surface area contributed by atoms with E-state index in [1.165, 1.54) is 24.3 Å². The van der Waals surface area contributed by atoms with Gasteiger partial charge in [0, 0.05) is 6.54 Å². The molecule has 1 saturated heterocycles. The largest absolute Gasteiger partial charge is 0.481 e. The first-order valence-corrected chi connectivity index (χ1v) is 13.3. The summed E-state index contributed by atoms with van der Waals surface area (Å²) in [5.41, 5.74) is 1.69. The molecule has 3 aromatic carbocycles. The topological polar surface area (TPSA) is 40.5 Å². The van der Waals surface area contributed by atoms with Gasteiger partial charge in [0.05, 0.1) is 17.0 Å². The number of carboxylic acid groups (broad SMARTS) is 1. The van der Waals surface area contributed by atoms with Crippen molar-refractivity contribution in [3.8, 4) is 11.1 Å². The van der Waals surface area contributed by atoms with Crippen LogP contribution >= 0.6 is 0 Å². The second kappa shape index (κ2) is 10.8. The molecule has 39 heavy (non-hydrogen) atoms. The van der Waals surface area contributed by atoms with Gasteiger partial charge in [0.1, 0.15) is 5.82 Å². The molecule has 208 valence electrons. The Hall–Kier alpha value is -3.19. The highest BCUT2D eigenvalue weighted by Crippen LogP contribution is 2.43. The predicted octanol–water partition coefficient (Wildman–Crippen LogP) is 8.48. The van der Waals surface area contributed by atoms with E-state index >= 15 is 0 Å². The maximum absolute atomic E-state index is 13.9. The van der Waals surface area contributed by atoms with Crippen molar-refractivity contribution in [2.75, 3.05) is 13.1 Å². The Morgan fingerprint density at radius 1 is 1.00 bits per heavy atom. The third kappa shape index (κ3) is 6.03. The van der Waals surface area contributed by atoms with Gasteiger partial charge in [-0.2, -0.15) is 13.2 Å². The fourth-order valence-electron chi connectivity index (χ4n) is 5.71. The van der Waals surface area contributed by atoms with E-state index in [9.17, 15) is 27.5 Å². The summed E-state index contributed by atoms with van der Waals surface area (Å²) in [4.78, 5) is 14.7. The zero-order chi connectivity index (χ0) is 28.6. The third-order valence-corrected chi connectivity index (χ3v) is 7.99. The Balaban J connectivity index is 1.95. The number of carboxylic acids is 1. The highest BCUT2D eigenvalue weighted by atomic mass is 19.4. The number of alkyl halides is 3. The first-order valence-electron chi connectivity index (χ1n) is 13.3. The van der Waals surface area contributed by atoms with Gasteiger partial charge in [0.2, 0.25) is 0 Å². The van der Waals surface area contributed by atoms with Crippen LogP contribution in [0.15, 0.2) is 66.7 Å². The van der Waals surface area contributed by atoms with Gasteiger partial charge in [0.15, 0.2) is 0 Å². The van der Waals surface area contributed by atoms with Crippen LogP contribution in [0, 0.1) is 11.2 Å². The molecule has 7 heteroatoms. The first kappa shape index (κ1) is 28.8. The molecule has 0 amide bonds. The van der Waals surface area contributed by atoms with Gasteiger partial charge < -0.3 is 5.11 Å². The summed E-state index contributed by atoms with van der Waals surface area (Å²) in [6.07, 6.45) is -2.44. The molecule has 0 bridgehead atoms. The van der Waals surface area contributed by atoms with Crippen LogP contribution in [0.4, 0.5) is 17.6 Å². The van der Waals surface area contributed by atoms with E-state index < -0.39 is 23.1 Å². The van der Waals surface area contributed by atoms with Gasteiger partial charge in [-0.25, -0.2) is 4.39 Å². The van der Waals surface area contributed by atoms with E-state index in [-0.39, 0.29) is 17.3 Å². The second-order valence-corrected chi connectivity index (χ2v) is 11.6. The summed E-state index contributed by atoms with van der Waals surface area (Å²) in [5.74, 6) is -1.30. The van der Waals surface area contributed by atoms with Gasteiger partial charge in [-0.1, -0.05) is 63.6 Å². The lowest BCUT2D eigenvalue weighted by atomic mass is 9.76. The Bertz CT molecular complexity index is 1320. The van der Waals surface area contributed by atoms with Crippen LogP contribution in [0.25, 0.3) is 11.1 Å². The standard InChI is InChI=1S/C32H35F4NO2/c1-5-16-31(4,29(38)39)24-12-15-26(27(19-24)21-6-10-23(11-7-21)32(34,35)36)28(22-8-13-25(33)14-9-22)37-18-17-30(2,3)20-37/h6-15,19,28H,5,16-18,20H2,1-4H3,(H,38,39). The maximum Gasteiger partial charge on any atom is 0.416 e. The number of rotatable bonds is 8. The Labute approximate surface area is 227 Å². The van der Waals surface area contributed by atoms with Crippen LogP contribution in [0.2, 0.25) is 0 Å². The molecular weight excluding hydrogens is 506 g/mol. The van der Waals surface area contributed by atoms with Crippen LogP contribution in [-0.2, 0) is 16.4 Å². The molecule has 0 spiro atoms. The zero-order valence-electron chi connectivity index (χ0n) is 22.8. The van der Waals surface area contributed by atoms with Gasteiger partial charge in [-0.15, -0.1) is 0 Å². The fraction of sp³-hybridized carbons (Fsp3) is 0.406. The molecule has 1 heterocycles. The van der Waals surface area contributed by atoms with Crippen molar-refractivity contribution in [3.63, 3.8) is 0 Å². The van der Waals surface area contributed by atoms with Crippen molar-refractivity contribution in [2.24, 2.45) is 5.41 Å². The lowest BCUT2D eigenvalue weighted by Crippen LogP contribution is -2.33. The fourth-order valence-corrected chi connectivity index (χ4v) is 5.71. The summed E-state index contributed by atoms with van der Waals surface area (Å²) >= 11 is 0. The number of likely N-dealkylation sites (tertiary alicyclic amines) is 1. The summed E-state index contributed by atoms with van der Waals surface area (Å²) in [7, 11) is 0. The smallest absolute Gasteiger partial charge is 0.416 e. The molecule has 1 N–H and O–H groups in total. The monoisotopic (exact) mass is 541 g/mol. The number of aliphatic carboxylic acids is 1. The van der Waals surface area contributed by atoms with Crippen molar-refractivity contribution in [1.82, 2.24) is 4.90 Å². The van der Waals surface area contributed by atoms with Crippen LogP contribution in [0.1, 0.15) is 75.3 Å². The minimum Gasteiger partial charge on any atom is -0.481 e. The number of nitrogens with zero attached hydrogens (tertiary/aromatic N) is 1. The van der Waals surface area contributed by atoms with E-state index in [2.05, 4.69) is 18.7 Å². The van der Waals surface area contributed by atoms with Crippen molar-refractivity contribution in [3.05, 3.63) is 94.8 Å². The van der Waals surface area contributed by atoms with Crippen LogP contribution < -0.4 is 0 Å². The molecular formula is C32H35F4NO2. The molecule has 2 atom stereocenters. The lowest BCUT2D eigenvalue weighted by Gasteiger charge is -2.33. The Kier molecular flexibility index (Phi) is 7.95. The molecule has 1 aliphatic heterocycles. The van der Waals surface area contributed by atoms with E-state index in [1.807, 2.05) is 25.1 Å². The van der Waals surface area contributed by atoms with Crippen molar-refractivity contribution >= 4 is 5.97 Å². The van der Waals surface area contributed by atoms with Crippen LogP contribution in [0.3, 0.4) is 0 Å². The third-order valence-electron chi connectivity index (χ3n) is 7.99. The van der Waals surface area contributed by atoms with Crippen molar-refractivity contribution in [2.45, 2.75) is 64.6 Å². The molecule has 3 aromatic rings. The second-order valence-electron chi connectivity index (χ2n) is 11.6. The van der Waals surface area contributed by atoms with E-state index in [4.69, 9.17) is 0 Å². The highest BCUT2D eigenvalue weighted by molar-refractivity contribution is 5.82. The van der Waals surface area contributed by atoms with E-state index in [1.54, 1.807) is 19.1 Å². The zero-order valence-corrected chi connectivity index (χ0v) is 22.8. The molecule has 0 aromatic heterocycles. The summed E-state index contributed by atoms with van der Waals surface area (Å²) < 4.78 is 54.0. The first-order chi connectivity index (χ1) is 18.2. The Morgan fingerprint density at radius 3 is 2.13 bits per heavy atom. The lowest BCUT2D eigenvalue weighted by molar-refractivity contribution is -0.143. The molecule has 0 aliphatic carbocycles. The van der Waals surface area contributed by atoms with Gasteiger partial charge >= 0.3 is 12.1 Å². The maximum atomic E-state index is 13.9. The van der Waals surface area contributed by atoms with Gasteiger partial charge in [0.25, 0.3) is 0 Å². The normalized spacial score (nSPS) is 18.1. The molecule has 0 saturated carbocycles. The van der Waals surface area contributed by atoms with Crippen LogP contribution in [0.5, 0.6) is 0 Å².